The van der Waals surface area contributed by atoms with E-state index >= 15 is 0 Å². The zero-order chi connectivity index (χ0) is 15.8. The van der Waals surface area contributed by atoms with Crippen LogP contribution in [0.4, 0.5) is 0 Å². The summed E-state index contributed by atoms with van der Waals surface area (Å²) in [7, 11) is 2.14. The second kappa shape index (κ2) is 6.10. The van der Waals surface area contributed by atoms with Gasteiger partial charge < -0.3 is 10.2 Å². The molecule has 4 heteroatoms. The lowest BCUT2D eigenvalue weighted by Crippen LogP contribution is -2.43. The average Bonchev–Trinajstić information content (AvgIpc) is 3.02. The molecule has 3 nitrogen and oxygen atoms in total. The van der Waals surface area contributed by atoms with Crippen LogP contribution in [-0.2, 0) is 12.8 Å². The van der Waals surface area contributed by atoms with Gasteiger partial charge in [-0.1, -0.05) is 24.3 Å². The first kappa shape index (κ1) is 14.9. The number of rotatable bonds is 2. The smallest absolute Gasteiger partial charge is 0.261 e. The zero-order valence-electron chi connectivity index (χ0n) is 13.5. The Balaban J connectivity index is 1.53. The van der Waals surface area contributed by atoms with E-state index in [9.17, 15) is 4.79 Å². The van der Waals surface area contributed by atoms with Crippen molar-refractivity contribution < 1.29 is 4.79 Å². The molecule has 0 bridgehead atoms. The number of hydrogen-bond donors (Lipinski definition) is 1. The van der Waals surface area contributed by atoms with Crippen LogP contribution in [0.15, 0.2) is 30.3 Å². The molecule has 4 rings (SSSR count). The first-order valence-electron chi connectivity index (χ1n) is 8.41. The summed E-state index contributed by atoms with van der Waals surface area (Å²) in [6.07, 6.45) is 4.23. The van der Waals surface area contributed by atoms with Crippen LogP contribution < -0.4 is 5.32 Å². The summed E-state index contributed by atoms with van der Waals surface area (Å²) in [4.78, 5) is 17.1. The number of nitrogens with one attached hydrogen (secondary N) is 1. The number of carbonyl (C=O) groups is 1. The van der Waals surface area contributed by atoms with E-state index in [2.05, 4.69) is 47.6 Å². The SMILES string of the molecule is CN1CCC(NC(=O)c2cc3c(s2)-c2ccccc2CC3)CC1. The standard InChI is InChI=1S/C19H22N2OS/c1-21-10-8-15(9-11-21)20-19(22)17-12-14-7-6-13-4-2-3-5-16(13)18(14)23-17/h2-5,12,15H,6-11H2,1H3,(H,20,22). The van der Waals surface area contributed by atoms with Crippen LogP contribution in [0, 0.1) is 0 Å². The van der Waals surface area contributed by atoms with Gasteiger partial charge >= 0.3 is 0 Å². The molecule has 1 aromatic heterocycles. The van der Waals surface area contributed by atoms with E-state index in [1.165, 1.54) is 21.6 Å². The molecule has 1 amide bonds. The Kier molecular flexibility index (Phi) is 3.95. The molecule has 1 saturated heterocycles. The lowest BCUT2D eigenvalue weighted by Gasteiger charge is -2.29. The van der Waals surface area contributed by atoms with Gasteiger partial charge in [-0.2, -0.15) is 0 Å². The number of nitrogens with zero attached hydrogens (tertiary/aromatic N) is 1. The molecule has 120 valence electrons. The molecule has 2 aromatic rings. The Morgan fingerprint density at radius 1 is 1.17 bits per heavy atom. The Bertz CT molecular complexity index is 729. The quantitative estimate of drug-likeness (QED) is 0.918. The summed E-state index contributed by atoms with van der Waals surface area (Å²) >= 11 is 1.65. The molecule has 1 aromatic carbocycles. The van der Waals surface area contributed by atoms with Crippen molar-refractivity contribution in [2.75, 3.05) is 20.1 Å². The van der Waals surface area contributed by atoms with E-state index in [-0.39, 0.29) is 5.91 Å². The van der Waals surface area contributed by atoms with Crippen molar-refractivity contribution in [1.82, 2.24) is 10.2 Å². The highest BCUT2D eigenvalue weighted by Crippen LogP contribution is 2.39. The van der Waals surface area contributed by atoms with Gasteiger partial charge in [0.2, 0.25) is 0 Å². The fourth-order valence-corrected chi connectivity index (χ4v) is 4.77. The van der Waals surface area contributed by atoms with E-state index in [0.29, 0.717) is 6.04 Å². The third-order valence-corrected chi connectivity index (χ3v) is 6.22. The second-order valence-corrected chi connectivity index (χ2v) is 7.73. The summed E-state index contributed by atoms with van der Waals surface area (Å²) in [5.41, 5.74) is 4.06. The van der Waals surface area contributed by atoms with Gasteiger partial charge in [0.15, 0.2) is 0 Å². The van der Waals surface area contributed by atoms with Gasteiger partial charge in [-0.25, -0.2) is 0 Å². The Hall–Kier alpha value is -1.65. The summed E-state index contributed by atoms with van der Waals surface area (Å²) in [6.45, 7) is 2.14. The van der Waals surface area contributed by atoms with Crippen LogP contribution in [-0.4, -0.2) is 37.0 Å². The molecule has 2 heterocycles. The number of benzene rings is 1. The van der Waals surface area contributed by atoms with Crippen LogP contribution in [0.3, 0.4) is 0 Å². The van der Waals surface area contributed by atoms with E-state index in [1.807, 2.05) is 0 Å². The normalized spacial score (nSPS) is 18.3. The van der Waals surface area contributed by atoms with Gasteiger partial charge in [0, 0.05) is 10.9 Å². The predicted molar refractivity (Wildman–Crippen MR) is 95.1 cm³/mol. The first-order chi connectivity index (χ1) is 11.2. The third-order valence-electron chi connectivity index (χ3n) is 5.01. The minimum Gasteiger partial charge on any atom is -0.349 e. The Morgan fingerprint density at radius 2 is 1.91 bits per heavy atom. The molecule has 23 heavy (non-hydrogen) atoms. The number of amides is 1. The fraction of sp³-hybridized carbons (Fsp3) is 0.421. The van der Waals surface area contributed by atoms with Crippen LogP contribution in [0.2, 0.25) is 0 Å². The van der Waals surface area contributed by atoms with Crippen molar-refractivity contribution in [2.24, 2.45) is 0 Å². The predicted octanol–water partition coefficient (Wildman–Crippen LogP) is 3.34. The summed E-state index contributed by atoms with van der Waals surface area (Å²) < 4.78 is 0. The molecule has 0 atom stereocenters. The maximum absolute atomic E-state index is 12.6. The maximum atomic E-state index is 12.6. The minimum atomic E-state index is 0.108. The molecule has 2 aliphatic rings. The number of piperidine rings is 1. The molecule has 0 saturated carbocycles. The van der Waals surface area contributed by atoms with Gasteiger partial charge in [-0.05, 0) is 68.6 Å². The van der Waals surface area contributed by atoms with Gasteiger partial charge in [0.25, 0.3) is 5.91 Å². The molecule has 0 spiro atoms. The summed E-state index contributed by atoms with van der Waals surface area (Å²) in [5.74, 6) is 0.108. The molecule has 1 N–H and O–H groups in total. The van der Waals surface area contributed by atoms with E-state index in [1.54, 1.807) is 11.3 Å². The topological polar surface area (TPSA) is 32.3 Å². The highest BCUT2D eigenvalue weighted by Gasteiger charge is 2.23. The van der Waals surface area contributed by atoms with Gasteiger partial charge in [0.05, 0.1) is 4.88 Å². The number of hydrogen-bond acceptors (Lipinski definition) is 3. The lowest BCUT2D eigenvalue weighted by atomic mass is 9.91. The van der Waals surface area contributed by atoms with Crippen molar-refractivity contribution >= 4 is 17.2 Å². The van der Waals surface area contributed by atoms with Crippen LogP contribution in [0.25, 0.3) is 10.4 Å². The van der Waals surface area contributed by atoms with Crippen molar-refractivity contribution in [3.05, 3.63) is 46.3 Å². The molecule has 1 fully saturated rings. The molecular weight excluding hydrogens is 304 g/mol. The fourth-order valence-electron chi connectivity index (χ4n) is 3.59. The number of fused-ring (bicyclic) bond motifs is 3. The van der Waals surface area contributed by atoms with Crippen molar-refractivity contribution in [3.8, 4) is 10.4 Å². The monoisotopic (exact) mass is 326 g/mol. The van der Waals surface area contributed by atoms with Gasteiger partial charge in [-0.3, -0.25) is 4.79 Å². The van der Waals surface area contributed by atoms with E-state index in [0.717, 1.165) is 43.6 Å². The number of aryl methyl sites for hydroxylation is 2. The third kappa shape index (κ3) is 2.93. The second-order valence-electron chi connectivity index (χ2n) is 6.67. The largest absolute Gasteiger partial charge is 0.349 e. The van der Waals surface area contributed by atoms with Gasteiger partial charge in [0.1, 0.15) is 0 Å². The van der Waals surface area contributed by atoms with Crippen molar-refractivity contribution in [1.29, 1.82) is 0 Å². The van der Waals surface area contributed by atoms with Crippen LogP contribution in [0.5, 0.6) is 0 Å². The molecule has 1 aliphatic heterocycles. The van der Waals surface area contributed by atoms with Gasteiger partial charge in [-0.15, -0.1) is 11.3 Å². The van der Waals surface area contributed by atoms with E-state index < -0.39 is 0 Å². The van der Waals surface area contributed by atoms with E-state index in [4.69, 9.17) is 0 Å². The summed E-state index contributed by atoms with van der Waals surface area (Å²) in [5, 5.41) is 3.23. The Labute approximate surface area is 141 Å². The number of carbonyl (C=O) groups excluding carboxylic acids is 1. The summed E-state index contributed by atoms with van der Waals surface area (Å²) in [6, 6.07) is 11.0. The number of likely N-dealkylation sites (tertiary alicyclic amines) is 1. The maximum Gasteiger partial charge on any atom is 0.261 e. The highest BCUT2D eigenvalue weighted by atomic mass is 32.1. The number of thiophene rings is 1. The molecule has 0 radical (unpaired) electrons. The Morgan fingerprint density at radius 3 is 2.74 bits per heavy atom. The zero-order valence-corrected chi connectivity index (χ0v) is 14.3. The van der Waals surface area contributed by atoms with Crippen molar-refractivity contribution in [3.63, 3.8) is 0 Å². The average molecular weight is 326 g/mol. The minimum absolute atomic E-state index is 0.108. The van der Waals surface area contributed by atoms with Crippen molar-refractivity contribution in [2.45, 2.75) is 31.7 Å². The first-order valence-corrected chi connectivity index (χ1v) is 9.23. The molecular formula is C19H22N2OS. The molecule has 0 unspecified atom stereocenters. The molecule has 1 aliphatic carbocycles. The highest BCUT2D eigenvalue weighted by molar-refractivity contribution is 7.17. The van der Waals surface area contributed by atoms with Crippen LogP contribution >= 0.6 is 11.3 Å². The van der Waals surface area contributed by atoms with Crippen LogP contribution in [0.1, 0.15) is 33.6 Å². The lowest BCUT2D eigenvalue weighted by molar-refractivity contribution is 0.0921.